The number of hydrogen-bond donors (Lipinski definition) is 0. The van der Waals surface area contributed by atoms with Crippen LogP contribution in [0, 0.1) is 20.4 Å². The van der Waals surface area contributed by atoms with E-state index in [1.807, 2.05) is 31.2 Å². The van der Waals surface area contributed by atoms with Gasteiger partial charge in [0.15, 0.2) is 5.69 Å². The fourth-order valence-corrected chi connectivity index (χ4v) is 2.33. The van der Waals surface area contributed by atoms with Crippen molar-refractivity contribution in [1.82, 2.24) is 4.98 Å². The maximum atomic E-state index is 6.88. The number of rotatable bonds is 1. The molecule has 0 aliphatic heterocycles. The van der Waals surface area contributed by atoms with Crippen molar-refractivity contribution < 1.29 is 0 Å². The number of nitrogens with zero attached hydrogens (tertiary/aromatic N) is 2. The summed E-state index contributed by atoms with van der Waals surface area (Å²) in [5.74, 6) is 0. The largest absolute Gasteiger partial charge is 0.241 e. The Balaban J connectivity index is 2.46. The van der Waals surface area contributed by atoms with Crippen LogP contribution in [0.15, 0.2) is 24.3 Å². The number of aryl methyl sites for hydroxylation is 2. The maximum Gasteiger partial charge on any atom is 0.187 e. The average Bonchev–Trinajstić information content (AvgIpc) is 2.58. The first-order valence-corrected chi connectivity index (χ1v) is 5.44. The maximum absolute atomic E-state index is 6.88. The van der Waals surface area contributed by atoms with Crippen molar-refractivity contribution in [3.8, 4) is 11.3 Å². The van der Waals surface area contributed by atoms with Crippen LogP contribution in [0.5, 0.6) is 0 Å². The lowest BCUT2D eigenvalue weighted by atomic mass is 10.1. The van der Waals surface area contributed by atoms with Crippen LogP contribution in [0.25, 0.3) is 16.1 Å². The fourth-order valence-electron chi connectivity index (χ4n) is 1.49. The minimum absolute atomic E-state index is 0.670. The highest BCUT2D eigenvalue weighted by Crippen LogP contribution is 2.28. The van der Waals surface area contributed by atoms with E-state index in [9.17, 15) is 0 Å². The molecule has 0 aliphatic carbocycles. The molecule has 2 aromatic rings. The van der Waals surface area contributed by atoms with Crippen molar-refractivity contribution in [2.75, 3.05) is 0 Å². The summed E-state index contributed by atoms with van der Waals surface area (Å²) in [4.78, 5) is 9.07. The molecule has 0 fully saturated rings. The van der Waals surface area contributed by atoms with E-state index in [0.717, 1.165) is 16.3 Å². The average molecular weight is 214 g/mol. The van der Waals surface area contributed by atoms with Gasteiger partial charge in [0, 0.05) is 4.88 Å². The van der Waals surface area contributed by atoms with Gasteiger partial charge in [0.05, 0.1) is 17.3 Å². The Morgan fingerprint density at radius 1 is 1.20 bits per heavy atom. The first kappa shape index (κ1) is 9.88. The van der Waals surface area contributed by atoms with Gasteiger partial charge in [0.2, 0.25) is 0 Å². The van der Waals surface area contributed by atoms with Crippen LogP contribution in [0.2, 0.25) is 0 Å². The normalized spacial score (nSPS) is 9.93. The molecule has 0 bridgehead atoms. The first-order chi connectivity index (χ1) is 7.20. The van der Waals surface area contributed by atoms with Crippen LogP contribution in [0.3, 0.4) is 0 Å². The Morgan fingerprint density at radius 2 is 1.87 bits per heavy atom. The summed E-state index contributed by atoms with van der Waals surface area (Å²) in [5, 5.41) is 1.08. The van der Waals surface area contributed by atoms with Crippen LogP contribution in [0.1, 0.15) is 9.88 Å². The van der Waals surface area contributed by atoms with Gasteiger partial charge < -0.3 is 0 Å². The highest BCUT2D eigenvalue weighted by atomic mass is 32.1. The monoisotopic (exact) mass is 214 g/mol. The van der Waals surface area contributed by atoms with E-state index in [0.29, 0.717) is 5.69 Å². The van der Waals surface area contributed by atoms with Gasteiger partial charge in [-0.25, -0.2) is 9.83 Å². The standard InChI is InChI=1S/C12H10N2S/c1-8-12(14-9(2)15-8)10-4-6-11(13-3)7-5-10/h4-7H,1-2H3. The molecule has 2 nitrogen and oxygen atoms in total. The van der Waals surface area contributed by atoms with Gasteiger partial charge in [-0.2, -0.15) is 0 Å². The summed E-state index contributed by atoms with van der Waals surface area (Å²) in [6.45, 7) is 11.0. The smallest absolute Gasteiger partial charge is 0.187 e. The molecule has 0 radical (unpaired) electrons. The molecular weight excluding hydrogens is 204 g/mol. The van der Waals surface area contributed by atoms with Crippen LogP contribution in [0.4, 0.5) is 5.69 Å². The van der Waals surface area contributed by atoms with Crippen molar-refractivity contribution in [3.63, 3.8) is 0 Å². The highest BCUT2D eigenvalue weighted by Gasteiger charge is 2.06. The molecule has 1 aromatic heterocycles. The van der Waals surface area contributed by atoms with E-state index in [-0.39, 0.29) is 0 Å². The summed E-state index contributed by atoms with van der Waals surface area (Å²) in [7, 11) is 0. The minimum atomic E-state index is 0.670. The molecule has 2 rings (SSSR count). The number of thiazole rings is 1. The van der Waals surface area contributed by atoms with E-state index < -0.39 is 0 Å². The van der Waals surface area contributed by atoms with Gasteiger partial charge in [-0.1, -0.05) is 24.3 Å². The van der Waals surface area contributed by atoms with Gasteiger partial charge in [-0.3, -0.25) is 0 Å². The van der Waals surface area contributed by atoms with Crippen molar-refractivity contribution in [2.45, 2.75) is 13.8 Å². The SMILES string of the molecule is [C-]#[N+]c1ccc(-c2nc(C)sc2C)cc1. The lowest BCUT2D eigenvalue weighted by Crippen LogP contribution is -1.79. The second-order valence-electron chi connectivity index (χ2n) is 3.30. The van der Waals surface area contributed by atoms with Gasteiger partial charge in [0.1, 0.15) is 0 Å². The zero-order chi connectivity index (χ0) is 10.8. The topological polar surface area (TPSA) is 17.2 Å². The minimum Gasteiger partial charge on any atom is -0.241 e. The molecule has 1 aromatic carbocycles. The van der Waals surface area contributed by atoms with E-state index in [2.05, 4.69) is 16.8 Å². The van der Waals surface area contributed by atoms with Crippen LogP contribution >= 0.6 is 11.3 Å². The van der Waals surface area contributed by atoms with Crippen LogP contribution < -0.4 is 0 Å². The van der Waals surface area contributed by atoms with E-state index in [1.165, 1.54) is 4.88 Å². The molecule has 0 spiro atoms. The molecule has 0 amide bonds. The number of benzene rings is 1. The predicted octanol–water partition coefficient (Wildman–Crippen LogP) is 3.98. The van der Waals surface area contributed by atoms with Crippen molar-refractivity contribution in [1.29, 1.82) is 0 Å². The summed E-state index contributed by atoms with van der Waals surface area (Å²) in [6, 6.07) is 7.57. The lowest BCUT2D eigenvalue weighted by Gasteiger charge is -1.98. The van der Waals surface area contributed by atoms with Crippen molar-refractivity contribution in [2.24, 2.45) is 0 Å². The Hall–Kier alpha value is -1.66. The van der Waals surface area contributed by atoms with E-state index >= 15 is 0 Å². The molecule has 1 heterocycles. The molecule has 0 saturated carbocycles. The molecule has 3 heteroatoms. The number of hydrogen-bond acceptors (Lipinski definition) is 2. The lowest BCUT2D eigenvalue weighted by molar-refractivity contribution is 1.28. The molecule has 0 saturated heterocycles. The zero-order valence-corrected chi connectivity index (χ0v) is 9.43. The molecule has 0 N–H and O–H groups in total. The predicted molar refractivity (Wildman–Crippen MR) is 63.3 cm³/mol. The van der Waals surface area contributed by atoms with Crippen molar-refractivity contribution in [3.05, 3.63) is 45.6 Å². The Labute approximate surface area is 93.0 Å². The third-order valence-corrected chi connectivity index (χ3v) is 3.06. The van der Waals surface area contributed by atoms with Gasteiger partial charge in [0.25, 0.3) is 0 Å². The summed E-state index contributed by atoms with van der Waals surface area (Å²) >= 11 is 1.70. The Kier molecular flexibility index (Phi) is 2.53. The first-order valence-electron chi connectivity index (χ1n) is 4.62. The zero-order valence-electron chi connectivity index (χ0n) is 8.61. The van der Waals surface area contributed by atoms with E-state index in [1.54, 1.807) is 11.3 Å². The molecular formula is C12H10N2S. The summed E-state index contributed by atoms with van der Waals surface area (Å²) < 4.78 is 0. The second-order valence-corrected chi connectivity index (χ2v) is 4.70. The highest BCUT2D eigenvalue weighted by molar-refractivity contribution is 7.11. The summed E-state index contributed by atoms with van der Waals surface area (Å²) in [5.41, 5.74) is 2.79. The molecule has 15 heavy (non-hydrogen) atoms. The summed E-state index contributed by atoms with van der Waals surface area (Å²) in [6.07, 6.45) is 0. The Morgan fingerprint density at radius 3 is 2.33 bits per heavy atom. The van der Waals surface area contributed by atoms with E-state index in [4.69, 9.17) is 6.57 Å². The van der Waals surface area contributed by atoms with Crippen LogP contribution in [-0.4, -0.2) is 4.98 Å². The number of aromatic nitrogens is 1. The van der Waals surface area contributed by atoms with Crippen molar-refractivity contribution >= 4 is 17.0 Å². The second kappa shape index (κ2) is 3.84. The molecule has 74 valence electrons. The molecule has 0 unspecified atom stereocenters. The third kappa shape index (κ3) is 1.90. The van der Waals surface area contributed by atoms with Gasteiger partial charge >= 0.3 is 0 Å². The fraction of sp³-hybridized carbons (Fsp3) is 0.167. The molecule has 0 atom stereocenters. The Bertz CT molecular complexity index is 518. The molecule has 0 aliphatic rings. The van der Waals surface area contributed by atoms with Gasteiger partial charge in [-0.05, 0) is 19.4 Å². The van der Waals surface area contributed by atoms with Crippen LogP contribution in [-0.2, 0) is 0 Å². The third-order valence-electron chi connectivity index (χ3n) is 2.17. The quantitative estimate of drug-likeness (QED) is 0.656. The van der Waals surface area contributed by atoms with Gasteiger partial charge in [-0.15, -0.1) is 11.3 Å².